The molecule has 0 atom stereocenters. The van der Waals surface area contributed by atoms with Gasteiger partial charge in [-0.3, -0.25) is 4.79 Å². The second-order valence-corrected chi connectivity index (χ2v) is 7.45. The Bertz CT molecular complexity index is 893. The van der Waals surface area contributed by atoms with Gasteiger partial charge in [-0.1, -0.05) is 6.08 Å². The smallest absolute Gasteiger partial charge is 0.263 e. The molecule has 0 saturated carbocycles. The van der Waals surface area contributed by atoms with E-state index >= 15 is 0 Å². The minimum absolute atomic E-state index is 0.0165. The van der Waals surface area contributed by atoms with E-state index in [1.54, 1.807) is 19.0 Å². The largest absolute Gasteiger partial charge is 0.498 e. The number of aromatic nitrogens is 1. The Hall–Kier alpha value is -2.86. The summed E-state index contributed by atoms with van der Waals surface area (Å²) in [6.45, 7) is 6.66. The standard InChI is InChI=1S/C23H29N3O2S/c1-6-17(13-20(7-2)28-8-3)11-12-24-22-10-9-18(15-25-22)19-14-21(29-16-19)23(27)26(4)5/h6-7,9-12,14-16H,8,13H2,1-5H3,(H,24,25)/b12-11+,17-6-,20-7+. The maximum atomic E-state index is 12.1. The Morgan fingerprint density at radius 3 is 2.62 bits per heavy atom. The number of pyridine rings is 1. The summed E-state index contributed by atoms with van der Waals surface area (Å²) in [7, 11) is 3.51. The molecular weight excluding hydrogens is 382 g/mol. The summed E-state index contributed by atoms with van der Waals surface area (Å²) in [4.78, 5) is 18.8. The average Bonchev–Trinajstić information content (AvgIpc) is 3.22. The van der Waals surface area contributed by atoms with Crippen LogP contribution >= 0.6 is 11.3 Å². The number of ether oxygens (including phenoxy) is 1. The van der Waals surface area contributed by atoms with Crippen molar-refractivity contribution in [1.82, 2.24) is 9.88 Å². The second-order valence-electron chi connectivity index (χ2n) is 6.54. The van der Waals surface area contributed by atoms with Gasteiger partial charge in [-0.05, 0) is 67.6 Å². The summed E-state index contributed by atoms with van der Waals surface area (Å²) >= 11 is 1.45. The van der Waals surface area contributed by atoms with Gasteiger partial charge in [0.25, 0.3) is 5.91 Å². The van der Waals surface area contributed by atoms with Gasteiger partial charge in [-0.2, -0.15) is 0 Å². The van der Waals surface area contributed by atoms with Crippen molar-refractivity contribution >= 4 is 23.1 Å². The van der Waals surface area contributed by atoms with E-state index in [0.29, 0.717) is 6.61 Å². The normalized spacial score (nSPS) is 12.3. The molecule has 6 heteroatoms. The predicted molar refractivity (Wildman–Crippen MR) is 122 cm³/mol. The average molecular weight is 412 g/mol. The maximum Gasteiger partial charge on any atom is 0.263 e. The van der Waals surface area contributed by atoms with E-state index in [1.165, 1.54) is 11.3 Å². The van der Waals surface area contributed by atoms with Crippen molar-refractivity contribution in [2.45, 2.75) is 27.2 Å². The Morgan fingerprint density at radius 2 is 2.03 bits per heavy atom. The molecule has 1 N–H and O–H groups in total. The predicted octanol–water partition coefficient (Wildman–Crippen LogP) is 5.71. The fourth-order valence-electron chi connectivity index (χ4n) is 2.58. The lowest BCUT2D eigenvalue weighted by Gasteiger charge is -2.08. The second kappa shape index (κ2) is 11.2. The van der Waals surface area contributed by atoms with Gasteiger partial charge in [0.1, 0.15) is 5.82 Å². The van der Waals surface area contributed by atoms with Crippen molar-refractivity contribution in [3.63, 3.8) is 0 Å². The zero-order valence-corrected chi connectivity index (χ0v) is 18.5. The molecule has 0 aliphatic carbocycles. The van der Waals surface area contributed by atoms with Crippen molar-refractivity contribution in [3.05, 3.63) is 70.4 Å². The first kappa shape index (κ1) is 22.4. The van der Waals surface area contributed by atoms with Crippen molar-refractivity contribution in [3.8, 4) is 11.1 Å². The zero-order chi connectivity index (χ0) is 21.2. The number of nitrogens with zero attached hydrogens (tertiary/aromatic N) is 2. The van der Waals surface area contributed by atoms with E-state index < -0.39 is 0 Å². The summed E-state index contributed by atoms with van der Waals surface area (Å²) in [5, 5.41) is 5.18. The molecule has 5 nitrogen and oxygen atoms in total. The van der Waals surface area contributed by atoms with Crippen LogP contribution in [-0.2, 0) is 4.74 Å². The van der Waals surface area contributed by atoms with Crippen molar-refractivity contribution in [2.24, 2.45) is 0 Å². The van der Waals surface area contributed by atoms with E-state index in [4.69, 9.17) is 4.74 Å². The molecule has 2 rings (SSSR count). The first-order chi connectivity index (χ1) is 14.0. The molecule has 0 fully saturated rings. The van der Waals surface area contributed by atoms with Crippen LogP contribution in [0.1, 0.15) is 36.9 Å². The first-order valence-corrected chi connectivity index (χ1v) is 10.5. The lowest BCUT2D eigenvalue weighted by molar-refractivity contribution is 0.0832. The number of amides is 1. The molecular formula is C23H29N3O2S. The van der Waals surface area contributed by atoms with Gasteiger partial charge in [0.15, 0.2) is 0 Å². The summed E-state index contributed by atoms with van der Waals surface area (Å²) in [6.07, 6.45) is 10.5. The molecule has 0 unspecified atom stereocenters. The summed E-state index contributed by atoms with van der Waals surface area (Å²) in [5.41, 5.74) is 3.14. The maximum absolute atomic E-state index is 12.1. The van der Waals surface area contributed by atoms with Gasteiger partial charge in [0, 0.05) is 38.5 Å². The van der Waals surface area contributed by atoms with Crippen LogP contribution in [0.25, 0.3) is 11.1 Å². The lowest BCUT2D eigenvalue weighted by atomic mass is 10.1. The summed E-state index contributed by atoms with van der Waals surface area (Å²) in [5.74, 6) is 1.75. The van der Waals surface area contributed by atoms with Crippen molar-refractivity contribution in [2.75, 3.05) is 26.0 Å². The Balaban J connectivity index is 1.98. The SMILES string of the molecule is C/C=C(/C=C/Nc1ccc(-c2csc(C(=O)N(C)C)c2)cn1)C/C(=C\C)OCC. The fraction of sp³-hybridized carbons (Fsp3) is 0.304. The molecule has 2 heterocycles. The monoisotopic (exact) mass is 411 g/mol. The van der Waals surface area contributed by atoms with Crippen LogP contribution in [0.4, 0.5) is 5.82 Å². The topological polar surface area (TPSA) is 54.5 Å². The number of allylic oxidation sites excluding steroid dienone is 4. The molecule has 0 aromatic carbocycles. The molecule has 0 aliphatic heterocycles. The van der Waals surface area contributed by atoms with Crippen LogP contribution in [0.2, 0.25) is 0 Å². The Labute approximate surface area is 177 Å². The van der Waals surface area contributed by atoms with Gasteiger partial charge in [-0.15, -0.1) is 11.3 Å². The van der Waals surface area contributed by atoms with Gasteiger partial charge < -0.3 is 15.0 Å². The molecule has 1 amide bonds. The number of carbonyl (C=O) groups excluding carboxylic acids is 1. The van der Waals surface area contributed by atoms with Crippen LogP contribution < -0.4 is 5.32 Å². The number of anilines is 1. The van der Waals surface area contributed by atoms with Crippen molar-refractivity contribution in [1.29, 1.82) is 0 Å². The van der Waals surface area contributed by atoms with Gasteiger partial charge >= 0.3 is 0 Å². The third-order valence-corrected chi connectivity index (χ3v) is 5.16. The first-order valence-electron chi connectivity index (χ1n) is 9.61. The zero-order valence-electron chi connectivity index (χ0n) is 17.7. The van der Waals surface area contributed by atoms with E-state index in [1.807, 2.05) is 68.9 Å². The van der Waals surface area contributed by atoms with Crippen LogP contribution in [0, 0.1) is 0 Å². The van der Waals surface area contributed by atoms with Gasteiger partial charge in [-0.25, -0.2) is 4.98 Å². The molecule has 154 valence electrons. The van der Waals surface area contributed by atoms with Crippen LogP contribution in [0.5, 0.6) is 0 Å². The van der Waals surface area contributed by atoms with Crippen LogP contribution in [0.15, 0.2) is 65.5 Å². The third-order valence-electron chi connectivity index (χ3n) is 4.24. The van der Waals surface area contributed by atoms with E-state index in [2.05, 4.69) is 16.4 Å². The van der Waals surface area contributed by atoms with Gasteiger partial charge in [0.2, 0.25) is 0 Å². The number of thiophene rings is 1. The quantitative estimate of drug-likeness (QED) is 0.424. The number of carbonyl (C=O) groups is 1. The number of rotatable bonds is 9. The minimum atomic E-state index is 0.0165. The van der Waals surface area contributed by atoms with Crippen LogP contribution in [0.3, 0.4) is 0 Å². The number of hydrogen-bond acceptors (Lipinski definition) is 5. The van der Waals surface area contributed by atoms with E-state index in [0.717, 1.165) is 39.6 Å². The molecule has 0 aliphatic rings. The number of hydrogen-bond donors (Lipinski definition) is 1. The molecule has 2 aromatic rings. The fourth-order valence-corrected chi connectivity index (χ4v) is 3.52. The molecule has 29 heavy (non-hydrogen) atoms. The lowest BCUT2D eigenvalue weighted by Crippen LogP contribution is -2.20. The summed E-state index contributed by atoms with van der Waals surface area (Å²) < 4.78 is 5.60. The molecule has 0 spiro atoms. The number of nitrogens with one attached hydrogen (secondary N) is 1. The highest BCUT2D eigenvalue weighted by atomic mass is 32.1. The molecule has 0 saturated heterocycles. The summed E-state index contributed by atoms with van der Waals surface area (Å²) in [6, 6.07) is 5.84. The highest BCUT2D eigenvalue weighted by Crippen LogP contribution is 2.26. The van der Waals surface area contributed by atoms with E-state index in [9.17, 15) is 4.79 Å². The molecule has 2 aromatic heterocycles. The van der Waals surface area contributed by atoms with Gasteiger partial charge in [0.05, 0.1) is 17.2 Å². The highest BCUT2D eigenvalue weighted by Gasteiger charge is 2.12. The Morgan fingerprint density at radius 1 is 1.24 bits per heavy atom. The molecule has 0 radical (unpaired) electrons. The Kier molecular flexibility index (Phi) is 8.68. The minimum Gasteiger partial charge on any atom is -0.498 e. The van der Waals surface area contributed by atoms with Crippen LogP contribution in [-0.4, -0.2) is 36.5 Å². The van der Waals surface area contributed by atoms with E-state index in [-0.39, 0.29) is 5.91 Å². The van der Waals surface area contributed by atoms with Crippen molar-refractivity contribution < 1.29 is 9.53 Å². The third kappa shape index (κ3) is 6.61. The highest BCUT2D eigenvalue weighted by molar-refractivity contribution is 7.12. The molecule has 0 bridgehead atoms.